The smallest absolute Gasteiger partial charge is 0.326 e. The Labute approximate surface area is 133 Å². The van der Waals surface area contributed by atoms with Gasteiger partial charge in [-0.25, -0.2) is 4.79 Å². The van der Waals surface area contributed by atoms with Gasteiger partial charge in [0, 0.05) is 0 Å². The number of carbonyl (C=O) groups is 3. The van der Waals surface area contributed by atoms with Crippen molar-refractivity contribution in [2.75, 3.05) is 6.61 Å². The van der Waals surface area contributed by atoms with E-state index in [0.717, 1.165) is 0 Å². The van der Waals surface area contributed by atoms with Gasteiger partial charge in [0.25, 0.3) is 5.91 Å². The van der Waals surface area contributed by atoms with E-state index in [1.54, 1.807) is 26.0 Å². The predicted molar refractivity (Wildman–Crippen MR) is 80.8 cm³/mol. The zero-order chi connectivity index (χ0) is 16.7. The normalized spacial score (nSPS) is 13.0. The molecule has 0 fully saturated rings. The van der Waals surface area contributed by atoms with Crippen LogP contribution in [-0.4, -0.2) is 35.6 Å². The molecule has 1 aromatic rings. The number of rotatable bonds is 7. The molecule has 0 saturated carbocycles. The number of carboxylic acids is 1. The molecule has 0 bridgehead atoms. The van der Waals surface area contributed by atoms with Gasteiger partial charge in [-0.15, -0.1) is 0 Å². The lowest BCUT2D eigenvalue weighted by Crippen LogP contribution is -2.45. The summed E-state index contributed by atoms with van der Waals surface area (Å²) in [5.41, 5.74) is 0.179. The molecule has 0 saturated heterocycles. The van der Waals surface area contributed by atoms with Crippen molar-refractivity contribution in [1.82, 2.24) is 5.32 Å². The van der Waals surface area contributed by atoms with E-state index in [2.05, 4.69) is 5.32 Å². The third-order valence-corrected chi connectivity index (χ3v) is 3.36. The van der Waals surface area contributed by atoms with Crippen LogP contribution in [0.5, 0.6) is 0 Å². The highest BCUT2D eigenvalue weighted by atomic mass is 35.5. The van der Waals surface area contributed by atoms with E-state index in [9.17, 15) is 19.5 Å². The second-order valence-electron chi connectivity index (χ2n) is 4.76. The maximum atomic E-state index is 12.1. The van der Waals surface area contributed by atoms with E-state index in [-0.39, 0.29) is 23.6 Å². The standard InChI is InChI=1S/C15H18ClNO5/c1-3-22-12(18)8-9(2)13(15(20)21)17-14(19)10-6-4-5-7-11(10)16/h4-7,9,13H,3,8H2,1-2H3,(H,17,19)(H,20,21)/t9-,13+/m1/s1. The van der Waals surface area contributed by atoms with Crippen LogP contribution in [0.2, 0.25) is 5.02 Å². The van der Waals surface area contributed by atoms with Crippen molar-refractivity contribution in [1.29, 1.82) is 0 Å². The highest BCUT2D eigenvalue weighted by Gasteiger charge is 2.29. The minimum absolute atomic E-state index is 0.104. The van der Waals surface area contributed by atoms with E-state index in [4.69, 9.17) is 16.3 Å². The molecule has 2 N–H and O–H groups in total. The molecule has 1 rings (SSSR count). The average molecular weight is 328 g/mol. The molecule has 1 amide bonds. The van der Waals surface area contributed by atoms with Crippen LogP contribution in [0.15, 0.2) is 24.3 Å². The van der Waals surface area contributed by atoms with Crippen LogP contribution in [0.4, 0.5) is 0 Å². The van der Waals surface area contributed by atoms with E-state index >= 15 is 0 Å². The number of halogens is 1. The van der Waals surface area contributed by atoms with Crippen LogP contribution >= 0.6 is 11.6 Å². The molecule has 0 aliphatic carbocycles. The van der Waals surface area contributed by atoms with Gasteiger partial charge in [-0.2, -0.15) is 0 Å². The fourth-order valence-electron chi connectivity index (χ4n) is 1.91. The SMILES string of the molecule is CCOC(=O)C[C@@H](C)[C@H](NC(=O)c1ccccc1Cl)C(=O)O. The number of nitrogens with one attached hydrogen (secondary N) is 1. The average Bonchev–Trinajstić information content (AvgIpc) is 2.44. The maximum absolute atomic E-state index is 12.1. The Morgan fingerprint density at radius 3 is 2.50 bits per heavy atom. The van der Waals surface area contributed by atoms with Crippen molar-refractivity contribution in [3.8, 4) is 0 Å². The zero-order valence-corrected chi connectivity index (χ0v) is 13.1. The summed E-state index contributed by atoms with van der Waals surface area (Å²) in [4.78, 5) is 34.9. The maximum Gasteiger partial charge on any atom is 0.326 e. The van der Waals surface area contributed by atoms with Gasteiger partial charge in [0.15, 0.2) is 0 Å². The molecule has 7 heteroatoms. The van der Waals surface area contributed by atoms with Crippen LogP contribution in [0.3, 0.4) is 0 Å². The first kappa shape index (κ1) is 18.0. The Hall–Kier alpha value is -2.08. The number of carboxylic acid groups (broad SMARTS) is 1. The molecule has 0 aromatic heterocycles. The molecule has 0 radical (unpaired) electrons. The summed E-state index contributed by atoms with van der Waals surface area (Å²) in [5, 5.41) is 11.9. The van der Waals surface area contributed by atoms with E-state index < -0.39 is 29.8 Å². The van der Waals surface area contributed by atoms with Crippen molar-refractivity contribution < 1.29 is 24.2 Å². The summed E-state index contributed by atoms with van der Waals surface area (Å²) in [6.07, 6.45) is -0.104. The number of aliphatic carboxylic acids is 1. The number of hydrogen-bond donors (Lipinski definition) is 2. The van der Waals surface area contributed by atoms with Crippen molar-refractivity contribution in [3.63, 3.8) is 0 Å². The highest BCUT2D eigenvalue weighted by Crippen LogP contribution is 2.16. The quantitative estimate of drug-likeness (QED) is 0.748. The number of hydrogen-bond acceptors (Lipinski definition) is 4. The zero-order valence-electron chi connectivity index (χ0n) is 12.3. The molecular formula is C15H18ClNO5. The van der Waals surface area contributed by atoms with Gasteiger partial charge in [0.1, 0.15) is 6.04 Å². The number of amides is 1. The van der Waals surface area contributed by atoms with Crippen molar-refractivity contribution in [3.05, 3.63) is 34.9 Å². The number of esters is 1. The summed E-state index contributed by atoms with van der Waals surface area (Å²) in [6.45, 7) is 3.44. The fourth-order valence-corrected chi connectivity index (χ4v) is 2.13. The Kier molecular flexibility index (Phi) is 6.85. The molecule has 6 nitrogen and oxygen atoms in total. The Bertz CT molecular complexity index is 561. The Morgan fingerprint density at radius 1 is 1.32 bits per heavy atom. The minimum Gasteiger partial charge on any atom is -0.480 e. The molecule has 2 atom stereocenters. The minimum atomic E-state index is -1.22. The van der Waals surface area contributed by atoms with Crippen molar-refractivity contribution >= 4 is 29.4 Å². The lowest BCUT2D eigenvalue weighted by Gasteiger charge is -2.21. The molecule has 0 spiro atoms. The number of benzene rings is 1. The van der Waals surface area contributed by atoms with Gasteiger partial charge in [0.2, 0.25) is 0 Å². The summed E-state index contributed by atoms with van der Waals surface area (Å²) in [7, 11) is 0. The van der Waals surface area contributed by atoms with Gasteiger partial charge in [-0.3, -0.25) is 9.59 Å². The van der Waals surface area contributed by atoms with Crippen LogP contribution < -0.4 is 5.32 Å². The molecule has 0 aliphatic rings. The van der Waals surface area contributed by atoms with Crippen molar-refractivity contribution in [2.45, 2.75) is 26.3 Å². The van der Waals surface area contributed by atoms with Crippen LogP contribution in [0.25, 0.3) is 0 Å². The second-order valence-corrected chi connectivity index (χ2v) is 5.16. The van der Waals surface area contributed by atoms with Gasteiger partial charge >= 0.3 is 11.9 Å². The Morgan fingerprint density at radius 2 is 1.95 bits per heavy atom. The molecule has 120 valence electrons. The summed E-state index contributed by atoms with van der Waals surface area (Å²) in [6, 6.07) is 5.10. The molecule has 1 aromatic carbocycles. The number of ether oxygens (including phenoxy) is 1. The monoisotopic (exact) mass is 327 g/mol. The van der Waals surface area contributed by atoms with E-state index in [1.807, 2.05) is 0 Å². The molecule has 0 heterocycles. The van der Waals surface area contributed by atoms with E-state index in [0.29, 0.717) is 0 Å². The van der Waals surface area contributed by atoms with Crippen LogP contribution in [-0.2, 0) is 14.3 Å². The lowest BCUT2D eigenvalue weighted by atomic mass is 9.98. The van der Waals surface area contributed by atoms with Gasteiger partial charge in [-0.1, -0.05) is 30.7 Å². The van der Waals surface area contributed by atoms with Gasteiger partial charge in [-0.05, 0) is 25.0 Å². The molecule has 0 aliphatic heterocycles. The second kappa shape index (κ2) is 8.38. The first-order valence-electron chi connectivity index (χ1n) is 6.80. The summed E-state index contributed by atoms with van der Waals surface area (Å²) in [5.74, 6) is -2.96. The topological polar surface area (TPSA) is 92.7 Å². The fraction of sp³-hybridized carbons (Fsp3) is 0.400. The molecule has 0 unspecified atom stereocenters. The summed E-state index contributed by atoms with van der Waals surface area (Å²) >= 11 is 5.90. The lowest BCUT2D eigenvalue weighted by molar-refractivity contribution is -0.145. The Balaban J connectivity index is 2.80. The van der Waals surface area contributed by atoms with Crippen LogP contribution in [0, 0.1) is 5.92 Å². The third-order valence-electron chi connectivity index (χ3n) is 3.03. The number of carbonyl (C=O) groups excluding carboxylic acids is 2. The summed E-state index contributed by atoms with van der Waals surface area (Å²) < 4.78 is 4.79. The first-order valence-corrected chi connectivity index (χ1v) is 7.18. The third kappa shape index (κ3) is 5.04. The first-order chi connectivity index (χ1) is 10.4. The van der Waals surface area contributed by atoms with Gasteiger partial charge < -0.3 is 15.2 Å². The predicted octanol–water partition coefficient (Wildman–Crippen LogP) is 2.11. The van der Waals surface area contributed by atoms with Crippen molar-refractivity contribution in [2.24, 2.45) is 5.92 Å². The van der Waals surface area contributed by atoms with Crippen LogP contribution in [0.1, 0.15) is 30.6 Å². The molecular weight excluding hydrogens is 310 g/mol. The molecule has 22 heavy (non-hydrogen) atoms. The van der Waals surface area contributed by atoms with Gasteiger partial charge in [0.05, 0.1) is 23.6 Å². The largest absolute Gasteiger partial charge is 0.480 e. The van der Waals surface area contributed by atoms with E-state index in [1.165, 1.54) is 12.1 Å². The highest BCUT2D eigenvalue weighted by molar-refractivity contribution is 6.33.